The zero-order valence-electron chi connectivity index (χ0n) is 21.8. The summed E-state index contributed by atoms with van der Waals surface area (Å²) in [4.78, 5) is 23.3. The van der Waals surface area contributed by atoms with Gasteiger partial charge in [0.15, 0.2) is 6.29 Å². The summed E-state index contributed by atoms with van der Waals surface area (Å²) in [5.41, 5.74) is 3.56. The molecule has 2 aromatic carbocycles. The summed E-state index contributed by atoms with van der Waals surface area (Å²) in [7, 11) is 1.79. The normalized spacial score (nSPS) is 18.9. The van der Waals surface area contributed by atoms with E-state index in [-0.39, 0.29) is 38.5 Å². The van der Waals surface area contributed by atoms with Gasteiger partial charge in [0.05, 0.1) is 25.4 Å². The lowest BCUT2D eigenvalue weighted by Crippen LogP contribution is -2.38. The van der Waals surface area contributed by atoms with Crippen LogP contribution in [0.4, 0.5) is 4.79 Å². The Kier molecular flexibility index (Phi) is 10.3. The molecule has 0 saturated carbocycles. The van der Waals surface area contributed by atoms with E-state index in [0.717, 1.165) is 22.3 Å². The third kappa shape index (κ3) is 8.23. The number of ether oxygens (including phenoxy) is 3. The summed E-state index contributed by atoms with van der Waals surface area (Å²) in [5.74, 6) is 0.152. The maximum absolute atomic E-state index is 12.0. The molecule has 1 aliphatic rings. The largest absolute Gasteiger partial charge is 0.465 e. The molecular weight excluding hydrogens is 524 g/mol. The number of aliphatic hydroxyl groups is 1. The minimum atomic E-state index is -0.598. The number of nitrogens with zero attached hydrogens (tertiary/aromatic N) is 4. The number of carbonyl (C=O) groups excluding carboxylic acids is 2. The summed E-state index contributed by atoms with van der Waals surface area (Å²) in [6.07, 6.45) is -0.281. The lowest BCUT2D eigenvalue weighted by molar-refractivity contribution is -0.245. The second-order valence-corrected chi connectivity index (χ2v) is 9.82. The number of hydrogen-bond acceptors (Lipinski definition) is 10. The van der Waals surface area contributed by atoms with Gasteiger partial charge in [-0.05, 0) is 34.0 Å². The lowest BCUT2D eigenvalue weighted by atomic mass is 10.0. The van der Waals surface area contributed by atoms with E-state index in [1.165, 1.54) is 11.8 Å². The summed E-state index contributed by atoms with van der Waals surface area (Å²) in [5, 5.41) is 26.9. The summed E-state index contributed by atoms with van der Waals surface area (Å²) >= 11 is 1.52. The van der Waals surface area contributed by atoms with Gasteiger partial charge >= 0.3 is 12.0 Å². The monoisotopic (exact) mass is 556 g/mol. The number of thioether (sulfide) groups is 1. The topological polar surface area (TPSA) is 150 Å². The standard InChI is InChI=1S/C26H32N6O6S/c1-3-36-23(34)14-28-25(35)27-13-17-4-10-20(11-5-17)24-37-21(16-39-26-29-30-31-32(26)2)12-22(38-24)19-8-6-18(15-33)7-9-19/h4-11,21-22,24,33H,3,12-16H2,1-2H3,(H2,27,28,35)/t21-,22+,24+/m0/s1. The zero-order chi connectivity index (χ0) is 27.6. The average molecular weight is 557 g/mol. The van der Waals surface area contributed by atoms with Gasteiger partial charge in [-0.2, -0.15) is 0 Å². The lowest BCUT2D eigenvalue weighted by Gasteiger charge is -2.36. The summed E-state index contributed by atoms with van der Waals surface area (Å²) in [6.45, 7) is 2.05. The zero-order valence-corrected chi connectivity index (χ0v) is 22.6. The van der Waals surface area contributed by atoms with Gasteiger partial charge in [0.1, 0.15) is 6.54 Å². The van der Waals surface area contributed by atoms with Crippen molar-refractivity contribution in [2.24, 2.45) is 7.05 Å². The van der Waals surface area contributed by atoms with Gasteiger partial charge in [-0.1, -0.05) is 60.3 Å². The molecule has 2 amide bonds. The van der Waals surface area contributed by atoms with Crippen LogP contribution < -0.4 is 10.6 Å². The van der Waals surface area contributed by atoms with Crippen molar-refractivity contribution in [1.82, 2.24) is 30.8 Å². The van der Waals surface area contributed by atoms with Crippen LogP contribution in [0.5, 0.6) is 0 Å². The predicted octanol–water partition coefficient (Wildman–Crippen LogP) is 2.40. The molecule has 3 N–H and O–H groups in total. The molecule has 208 valence electrons. The molecule has 3 atom stereocenters. The number of aryl methyl sites for hydroxylation is 1. The highest BCUT2D eigenvalue weighted by atomic mass is 32.2. The number of amides is 2. The fraction of sp³-hybridized carbons (Fsp3) is 0.423. The molecule has 0 aliphatic carbocycles. The Balaban J connectivity index is 1.39. The van der Waals surface area contributed by atoms with Crippen LogP contribution in [0.3, 0.4) is 0 Å². The minimum Gasteiger partial charge on any atom is -0.465 e. The molecule has 39 heavy (non-hydrogen) atoms. The molecule has 4 rings (SSSR count). The molecule has 1 aliphatic heterocycles. The van der Waals surface area contributed by atoms with E-state index < -0.39 is 18.3 Å². The molecular formula is C26H32N6O6S. The molecule has 1 aromatic heterocycles. The van der Waals surface area contributed by atoms with Gasteiger partial charge in [0.25, 0.3) is 0 Å². The van der Waals surface area contributed by atoms with Crippen molar-refractivity contribution in [2.45, 2.75) is 50.2 Å². The summed E-state index contributed by atoms with van der Waals surface area (Å²) < 4.78 is 19.1. The molecule has 1 saturated heterocycles. The van der Waals surface area contributed by atoms with Crippen LogP contribution in [0.1, 0.15) is 48.0 Å². The Morgan fingerprint density at radius 1 is 1.08 bits per heavy atom. The van der Waals surface area contributed by atoms with Crippen molar-refractivity contribution in [1.29, 1.82) is 0 Å². The first-order chi connectivity index (χ1) is 18.9. The van der Waals surface area contributed by atoms with Crippen LogP contribution in [0.25, 0.3) is 0 Å². The molecule has 1 fully saturated rings. The molecule has 0 radical (unpaired) electrons. The number of nitrogens with one attached hydrogen (secondary N) is 2. The van der Waals surface area contributed by atoms with Crippen LogP contribution in [0, 0.1) is 0 Å². The number of rotatable bonds is 11. The van der Waals surface area contributed by atoms with Crippen molar-refractivity contribution in [3.63, 3.8) is 0 Å². The number of benzene rings is 2. The SMILES string of the molecule is CCOC(=O)CNC(=O)NCc1ccc([C@@H]2O[C@H](CSc3nnnn3C)C[C@H](c3ccc(CO)cc3)O2)cc1. The Labute approximate surface area is 230 Å². The minimum absolute atomic E-state index is 0.0171. The highest BCUT2D eigenvalue weighted by Gasteiger charge is 2.32. The van der Waals surface area contributed by atoms with Crippen LogP contribution in [-0.4, -0.2) is 62.3 Å². The Bertz CT molecular complexity index is 1220. The van der Waals surface area contributed by atoms with Crippen LogP contribution in [0.15, 0.2) is 53.7 Å². The number of aromatic nitrogens is 4. The van der Waals surface area contributed by atoms with Gasteiger partial charge in [0.2, 0.25) is 5.16 Å². The van der Waals surface area contributed by atoms with Crippen LogP contribution >= 0.6 is 11.8 Å². The number of hydrogen-bond donors (Lipinski definition) is 3. The molecule has 3 aromatic rings. The van der Waals surface area contributed by atoms with Crippen LogP contribution in [-0.2, 0) is 39.2 Å². The number of carbonyl (C=O) groups is 2. The van der Waals surface area contributed by atoms with Gasteiger partial charge in [-0.3, -0.25) is 4.79 Å². The fourth-order valence-corrected chi connectivity index (χ4v) is 4.80. The highest BCUT2D eigenvalue weighted by Crippen LogP contribution is 2.39. The van der Waals surface area contributed by atoms with E-state index in [4.69, 9.17) is 14.2 Å². The summed E-state index contributed by atoms with van der Waals surface area (Å²) in [6, 6.07) is 14.9. The molecule has 13 heteroatoms. The molecule has 12 nitrogen and oxygen atoms in total. The average Bonchev–Trinajstić information content (AvgIpc) is 3.38. The fourth-order valence-electron chi connectivity index (χ4n) is 3.94. The smallest absolute Gasteiger partial charge is 0.325 e. The maximum atomic E-state index is 12.0. The molecule has 2 heterocycles. The van der Waals surface area contributed by atoms with Crippen molar-refractivity contribution < 1.29 is 28.9 Å². The number of urea groups is 1. The highest BCUT2D eigenvalue weighted by molar-refractivity contribution is 7.99. The number of aliphatic hydroxyl groups excluding tert-OH is 1. The first-order valence-corrected chi connectivity index (χ1v) is 13.6. The molecule has 0 spiro atoms. The van der Waals surface area contributed by atoms with E-state index in [0.29, 0.717) is 17.3 Å². The van der Waals surface area contributed by atoms with Gasteiger partial charge in [-0.15, -0.1) is 5.10 Å². The maximum Gasteiger partial charge on any atom is 0.325 e. The van der Waals surface area contributed by atoms with Crippen molar-refractivity contribution in [3.8, 4) is 0 Å². The number of tetrazole rings is 1. The van der Waals surface area contributed by atoms with Gasteiger partial charge in [0, 0.05) is 31.3 Å². The first kappa shape index (κ1) is 28.5. The van der Waals surface area contributed by atoms with Crippen molar-refractivity contribution in [3.05, 3.63) is 70.8 Å². The third-order valence-corrected chi connectivity index (χ3v) is 7.14. The number of esters is 1. The van der Waals surface area contributed by atoms with Gasteiger partial charge < -0.3 is 30.0 Å². The van der Waals surface area contributed by atoms with Crippen molar-refractivity contribution >= 4 is 23.8 Å². The van der Waals surface area contributed by atoms with E-state index >= 15 is 0 Å². The first-order valence-electron chi connectivity index (χ1n) is 12.6. The van der Waals surface area contributed by atoms with Crippen molar-refractivity contribution in [2.75, 3.05) is 18.9 Å². The second kappa shape index (κ2) is 14.0. The van der Waals surface area contributed by atoms with E-state index in [1.54, 1.807) is 18.7 Å². The Morgan fingerprint density at radius 2 is 1.79 bits per heavy atom. The van der Waals surface area contributed by atoms with E-state index in [9.17, 15) is 14.7 Å². The Morgan fingerprint density at radius 3 is 2.46 bits per heavy atom. The molecule has 0 bridgehead atoms. The predicted molar refractivity (Wildman–Crippen MR) is 141 cm³/mol. The van der Waals surface area contributed by atoms with Crippen LogP contribution in [0.2, 0.25) is 0 Å². The molecule has 0 unspecified atom stereocenters. The van der Waals surface area contributed by atoms with Gasteiger partial charge in [-0.25, -0.2) is 9.48 Å². The van der Waals surface area contributed by atoms with E-state index in [1.807, 2.05) is 48.5 Å². The quantitative estimate of drug-likeness (QED) is 0.237. The second-order valence-electron chi connectivity index (χ2n) is 8.83. The Hall–Kier alpha value is -3.52. The third-order valence-electron chi connectivity index (χ3n) is 6.00. The van der Waals surface area contributed by atoms with E-state index in [2.05, 4.69) is 26.2 Å².